The number of carbonyl (C=O) groups excluding carboxylic acids is 1. The van der Waals surface area contributed by atoms with Gasteiger partial charge in [-0.15, -0.1) is 0 Å². The molecule has 0 bridgehead atoms. The molecule has 0 aliphatic heterocycles. The topological polar surface area (TPSA) is 65.2 Å². The second kappa shape index (κ2) is 5.82. The first-order valence-electron chi connectivity index (χ1n) is 4.66. The van der Waals surface area contributed by atoms with Crippen LogP contribution in [0.15, 0.2) is 22.8 Å². The molecule has 1 aromatic rings. The lowest BCUT2D eigenvalue weighted by Crippen LogP contribution is -2.34. The van der Waals surface area contributed by atoms with Crippen molar-refractivity contribution in [2.75, 3.05) is 6.61 Å². The Bertz CT molecular complexity index is 344. The second-order valence-corrected chi connectivity index (χ2v) is 3.94. The standard InChI is InChI=1S/C10H13BrN2O2/c1-2-15-10(14)9(12)6-8-5-7(11)3-4-13-8/h3-5,9H,2,6,12H2,1H3/t9-/m0/s1. The molecule has 0 saturated heterocycles. The van der Waals surface area contributed by atoms with Gasteiger partial charge in [0.05, 0.1) is 6.61 Å². The Labute approximate surface area is 97.0 Å². The van der Waals surface area contributed by atoms with Crippen molar-refractivity contribution in [2.24, 2.45) is 5.73 Å². The molecule has 0 unspecified atom stereocenters. The van der Waals surface area contributed by atoms with Gasteiger partial charge in [-0.2, -0.15) is 0 Å². The molecule has 1 aromatic heterocycles. The van der Waals surface area contributed by atoms with Gasteiger partial charge in [-0.25, -0.2) is 0 Å². The van der Waals surface area contributed by atoms with E-state index in [4.69, 9.17) is 10.5 Å². The van der Waals surface area contributed by atoms with Gasteiger partial charge in [-0.05, 0) is 19.1 Å². The molecule has 0 spiro atoms. The van der Waals surface area contributed by atoms with Crippen LogP contribution in [-0.2, 0) is 16.0 Å². The quantitative estimate of drug-likeness (QED) is 0.839. The van der Waals surface area contributed by atoms with Crippen LogP contribution in [0, 0.1) is 0 Å². The number of nitrogens with two attached hydrogens (primary N) is 1. The van der Waals surface area contributed by atoms with E-state index in [1.807, 2.05) is 12.1 Å². The summed E-state index contributed by atoms with van der Waals surface area (Å²) in [6.45, 7) is 2.10. The molecule has 82 valence electrons. The van der Waals surface area contributed by atoms with Gasteiger partial charge < -0.3 is 10.5 Å². The van der Waals surface area contributed by atoms with Gasteiger partial charge in [-0.3, -0.25) is 9.78 Å². The van der Waals surface area contributed by atoms with Crippen molar-refractivity contribution < 1.29 is 9.53 Å². The molecule has 0 aromatic carbocycles. The fourth-order valence-corrected chi connectivity index (χ4v) is 1.50. The number of nitrogens with zero attached hydrogens (tertiary/aromatic N) is 1. The van der Waals surface area contributed by atoms with Crippen LogP contribution in [0.1, 0.15) is 12.6 Å². The van der Waals surface area contributed by atoms with Gasteiger partial charge in [0.25, 0.3) is 0 Å². The molecule has 15 heavy (non-hydrogen) atoms. The van der Waals surface area contributed by atoms with Crippen LogP contribution >= 0.6 is 15.9 Å². The highest BCUT2D eigenvalue weighted by molar-refractivity contribution is 9.10. The number of hydrogen-bond donors (Lipinski definition) is 1. The van der Waals surface area contributed by atoms with E-state index in [2.05, 4.69) is 20.9 Å². The summed E-state index contributed by atoms with van der Waals surface area (Å²) < 4.78 is 5.72. The maximum atomic E-state index is 11.2. The minimum absolute atomic E-state index is 0.346. The highest BCUT2D eigenvalue weighted by atomic mass is 79.9. The van der Waals surface area contributed by atoms with Crippen LogP contribution in [-0.4, -0.2) is 23.6 Å². The zero-order valence-electron chi connectivity index (χ0n) is 8.44. The van der Waals surface area contributed by atoms with Crippen molar-refractivity contribution in [2.45, 2.75) is 19.4 Å². The average Bonchev–Trinajstić information content (AvgIpc) is 2.18. The molecule has 1 atom stereocenters. The van der Waals surface area contributed by atoms with E-state index >= 15 is 0 Å². The van der Waals surface area contributed by atoms with Crippen molar-refractivity contribution in [3.05, 3.63) is 28.5 Å². The fourth-order valence-electron chi connectivity index (χ4n) is 1.12. The molecular weight excluding hydrogens is 260 g/mol. The normalized spacial score (nSPS) is 12.2. The van der Waals surface area contributed by atoms with E-state index in [-0.39, 0.29) is 5.97 Å². The molecule has 1 heterocycles. The molecule has 0 aliphatic carbocycles. The minimum Gasteiger partial charge on any atom is -0.465 e. The van der Waals surface area contributed by atoms with Crippen LogP contribution in [0.4, 0.5) is 0 Å². The molecule has 0 saturated carbocycles. The Balaban J connectivity index is 2.58. The van der Waals surface area contributed by atoms with E-state index in [1.165, 1.54) is 0 Å². The second-order valence-electron chi connectivity index (χ2n) is 3.03. The third-order valence-corrected chi connectivity index (χ3v) is 2.29. The van der Waals surface area contributed by atoms with Gasteiger partial charge in [-0.1, -0.05) is 15.9 Å². The van der Waals surface area contributed by atoms with E-state index in [9.17, 15) is 4.79 Å². The zero-order chi connectivity index (χ0) is 11.3. The average molecular weight is 273 g/mol. The molecule has 1 rings (SSSR count). The van der Waals surface area contributed by atoms with Crippen LogP contribution in [0.3, 0.4) is 0 Å². The van der Waals surface area contributed by atoms with Gasteiger partial charge in [0, 0.05) is 22.8 Å². The van der Waals surface area contributed by atoms with E-state index in [0.29, 0.717) is 13.0 Å². The van der Waals surface area contributed by atoms with Crippen molar-refractivity contribution >= 4 is 21.9 Å². The van der Waals surface area contributed by atoms with Crippen LogP contribution in [0.5, 0.6) is 0 Å². The summed E-state index contributed by atoms with van der Waals surface area (Å²) in [5, 5.41) is 0. The Morgan fingerprint density at radius 2 is 2.47 bits per heavy atom. The lowest BCUT2D eigenvalue weighted by molar-refractivity contribution is -0.144. The van der Waals surface area contributed by atoms with Crippen LogP contribution in [0.25, 0.3) is 0 Å². The summed E-state index contributed by atoms with van der Waals surface area (Å²) in [5.41, 5.74) is 6.42. The number of hydrogen-bond acceptors (Lipinski definition) is 4. The first-order chi connectivity index (χ1) is 7.13. The summed E-state index contributed by atoms with van der Waals surface area (Å²) in [5.74, 6) is -0.390. The van der Waals surface area contributed by atoms with Gasteiger partial charge in [0.2, 0.25) is 0 Å². The van der Waals surface area contributed by atoms with Gasteiger partial charge in [0.1, 0.15) is 6.04 Å². The molecule has 0 aliphatic rings. The predicted molar refractivity (Wildman–Crippen MR) is 60.2 cm³/mol. The van der Waals surface area contributed by atoms with Crippen molar-refractivity contribution in [3.63, 3.8) is 0 Å². The molecule has 4 nitrogen and oxygen atoms in total. The first kappa shape index (κ1) is 12.1. The van der Waals surface area contributed by atoms with Gasteiger partial charge >= 0.3 is 5.97 Å². The first-order valence-corrected chi connectivity index (χ1v) is 5.45. The number of pyridine rings is 1. The summed E-state index contributed by atoms with van der Waals surface area (Å²) in [7, 11) is 0. The molecular formula is C10H13BrN2O2. The van der Waals surface area contributed by atoms with Crippen molar-refractivity contribution in [1.82, 2.24) is 4.98 Å². The summed E-state index contributed by atoms with van der Waals surface area (Å²) in [6, 6.07) is 3.00. The van der Waals surface area contributed by atoms with Crippen molar-refractivity contribution in [1.29, 1.82) is 0 Å². The predicted octanol–water partition coefficient (Wildman–Crippen LogP) is 1.28. The summed E-state index contributed by atoms with van der Waals surface area (Å²) in [6.07, 6.45) is 2.05. The smallest absolute Gasteiger partial charge is 0.323 e. The van der Waals surface area contributed by atoms with E-state index < -0.39 is 6.04 Å². The summed E-state index contributed by atoms with van der Waals surface area (Å²) >= 11 is 3.32. The third-order valence-electron chi connectivity index (χ3n) is 1.80. The molecule has 2 N–H and O–H groups in total. The van der Waals surface area contributed by atoms with Gasteiger partial charge in [0.15, 0.2) is 0 Å². The summed E-state index contributed by atoms with van der Waals surface area (Å²) in [4.78, 5) is 15.3. The number of aromatic nitrogens is 1. The number of carbonyl (C=O) groups is 1. The lowest BCUT2D eigenvalue weighted by Gasteiger charge is -2.09. The van der Waals surface area contributed by atoms with Crippen LogP contribution in [0.2, 0.25) is 0 Å². The lowest BCUT2D eigenvalue weighted by atomic mass is 10.1. The number of rotatable bonds is 4. The minimum atomic E-state index is -0.647. The van der Waals surface area contributed by atoms with Crippen molar-refractivity contribution in [3.8, 4) is 0 Å². The fraction of sp³-hybridized carbons (Fsp3) is 0.400. The Hall–Kier alpha value is -0.940. The monoisotopic (exact) mass is 272 g/mol. The third kappa shape index (κ3) is 3.97. The maximum absolute atomic E-state index is 11.2. The Kier molecular flexibility index (Phi) is 4.71. The number of ether oxygens (including phenoxy) is 1. The van der Waals surface area contributed by atoms with E-state index in [1.54, 1.807) is 13.1 Å². The SMILES string of the molecule is CCOC(=O)[C@@H](N)Cc1cc(Br)ccn1. The van der Waals surface area contributed by atoms with E-state index in [0.717, 1.165) is 10.2 Å². The highest BCUT2D eigenvalue weighted by Gasteiger charge is 2.15. The molecule has 5 heteroatoms. The Morgan fingerprint density at radius 1 is 1.73 bits per heavy atom. The molecule has 0 radical (unpaired) electrons. The number of halogens is 1. The van der Waals surface area contributed by atoms with Crippen LogP contribution < -0.4 is 5.73 Å². The zero-order valence-corrected chi connectivity index (χ0v) is 10.0. The highest BCUT2D eigenvalue weighted by Crippen LogP contribution is 2.10. The largest absolute Gasteiger partial charge is 0.465 e. The molecule has 0 fully saturated rings. The Morgan fingerprint density at radius 3 is 3.07 bits per heavy atom. The molecule has 0 amide bonds. The number of esters is 1. The maximum Gasteiger partial charge on any atom is 0.323 e.